The number of hydrogen-bond donors (Lipinski definition) is 5. The number of hydrogen-bond acceptors (Lipinski definition) is 8. The molecule has 5 N–H and O–H groups in total. The Hall–Kier alpha value is -1.11. The minimum absolute atomic E-state index is 0.233. The number of rotatable bonds is 6. The maximum absolute atomic E-state index is 11.7. The highest BCUT2D eigenvalue weighted by molar-refractivity contribution is 7.87. The van der Waals surface area contributed by atoms with Gasteiger partial charge in [0.25, 0.3) is 0 Å². The lowest BCUT2D eigenvalue weighted by Crippen LogP contribution is -2.69. The molecule has 1 aliphatic rings. The van der Waals surface area contributed by atoms with Gasteiger partial charge in [0.1, 0.15) is 18.3 Å². The van der Waals surface area contributed by atoms with Crippen molar-refractivity contribution in [1.29, 1.82) is 0 Å². The summed E-state index contributed by atoms with van der Waals surface area (Å²) in [6, 6.07) is 8.85. The largest absolute Gasteiger partial charge is 0.394 e. The van der Waals surface area contributed by atoms with E-state index >= 15 is 0 Å². The van der Waals surface area contributed by atoms with Crippen LogP contribution >= 0.6 is 0 Å². The van der Waals surface area contributed by atoms with Gasteiger partial charge in [-0.25, -0.2) is 0 Å². The molecule has 0 spiro atoms. The van der Waals surface area contributed by atoms with Gasteiger partial charge in [-0.15, -0.1) is 0 Å². The summed E-state index contributed by atoms with van der Waals surface area (Å²) in [7, 11) is -5.17. The Morgan fingerprint density at radius 3 is 2.29 bits per heavy atom. The van der Waals surface area contributed by atoms with E-state index in [-0.39, 0.29) is 13.0 Å². The smallest absolute Gasteiger partial charge is 0.329 e. The minimum Gasteiger partial charge on any atom is -0.394 e. The first-order valence-electron chi connectivity index (χ1n) is 7.20. The zero-order chi connectivity index (χ0) is 18.0. The summed E-state index contributed by atoms with van der Waals surface area (Å²) in [5.74, 6) is 0. The molecule has 0 radical (unpaired) electrons. The van der Waals surface area contributed by atoms with Crippen molar-refractivity contribution in [2.45, 2.75) is 36.0 Å². The molecule has 1 heterocycles. The second-order valence-corrected chi connectivity index (χ2v) is 6.95. The van der Waals surface area contributed by atoms with Crippen LogP contribution in [0.3, 0.4) is 0 Å². The van der Waals surface area contributed by atoms with Crippen LogP contribution in [0.4, 0.5) is 0 Å². The van der Waals surface area contributed by atoms with Crippen molar-refractivity contribution in [3.8, 4) is 0 Å². The van der Waals surface area contributed by atoms with Crippen LogP contribution in [0.15, 0.2) is 30.3 Å². The molecule has 0 aliphatic carbocycles. The van der Waals surface area contributed by atoms with Crippen LogP contribution in [0.1, 0.15) is 5.56 Å². The Labute approximate surface area is 138 Å². The van der Waals surface area contributed by atoms with E-state index in [2.05, 4.69) is 0 Å². The van der Waals surface area contributed by atoms with Gasteiger partial charge in [-0.3, -0.25) is 4.55 Å². The van der Waals surface area contributed by atoms with Crippen LogP contribution in [-0.2, 0) is 26.0 Å². The van der Waals surface area contributed by atoms with Crippen LogP contribution in [0.25, 0.3) is 0 Å². The van der Waals surface area contributed by atoms with E-state index in [4.69, 9.17) is 14.6 Å². The van der Waals surface area contributed by atoms with Crippen molar-refractivity contribution in [2.24, 2.45) is 0 Å². The van der Waals surface area contributed by atoms with Crippen molar-refractivity contribution >= 4 is 10.1 Å². The summed E-state index contributed by atoms with van der Waals surface area (Å²) < 4.78 is 43.0. The molecule has 0 aromatic heterocycles. The summed E-state index contributed by atoms with van der Waals surface area (Å²) in [5.41, 5.74) is 0.799. The molecule has 24 heavy (non-hydrogen) atoms. The minimum atomic E-state index is -5.17. The normalized spacial score (nSPS) is 34.2. The quantitative estimate of drug-likeness (QED) is 0.370. The topological polar surface area (TPSA) is 154 Å². The van der Waals surface area contributed by atoms with Crippen molar-refractivity contribution in [3.05, 3.63) is 35.9 Å². The molecule has 9 nitrogen and oxygen atoms in total. The number of aliphatic hydroxyl groups is 4. The van der Waals surface area contributed by atoms with Gasteiger partial charge in [0.05, 0.1) is 13.2 Å². The Morgan fingerprint density at radius 2 is 1.75 bits per heavy atom. The third-order valence-corrected chi connectivity index (χ3v) is 4.98. The van der Waals surface area contributed by atoms with Gasteiger partial charge in [-0.2, -0.15) is 8.42 Å². The van der Waals surface area contributed by atoms with E-state index in [9.17, 15) is 28.3 Å². The third-order valence-electron chi connectivity index (χ3n) is 3.81. The first kappa shape index (κ1) is 19.2. The number of benzene rings is 1. The monoisotopic (exact) mass is 364 g/mol. The molecule has 5 atom stereocenters. The summed E-state index contributed by atoms with van der Waals surface area (Å²) >= 11 is 0. The molecule has 1 aromatic carbocycles. The lowest BCUT2D eigenvalue weighted by atomic mass is 9.99. The molecule has 10 heteroatoms. The average molecular weight is 364 g/mol. The number of aliphatic hydroxyl groups excluding tert-OH is 4. The average Bonchev–Trinajstić information content (AvgIpc) is 2.55. The molecule has 0 bridgehead atoms. The van der Waals surface area contributed by atoms with Crippen molar-refractivity contribution in [1.82, 2.24) is 0 Å². The maximum Gasteiger partial charge on any atom is 0.329 e. The van der Waals surface area contributed by atoms with Crippen LogP contribution in [0.5, 0.6) is 0 Å². The van der Waals surface area contributed by atoms with Gasteiger partial charge in [-0.05, 0) is 12.0 Å². The Morgan fingerprint density at radius 1 is 1.12 bits per heavy atom. The SMILES string of the molecule is O=S(=O)(O)[C@@]1(OCCc2ccccc2)O[C@H](CO)[C@@H](O)[C@H](O)[C@H]1O. The van der Waals surface area contributed by atoms with Crippen LogP contribution < -0.4 is 0 Å². The molecular formula is C14H20O9S. The van der Waals surface area contributed by atoms with E-state index in [1.807, 2.05) is 0 Å². The molecule has 1 fully saturated rings. The zero-order valence-electron chi connectivity index (χ0n) is 12.6. The van der Waals surface area contributed by atoms with Crippen LogP contribution in [-0.4, -0.2) is 76.1 Å². The fourth-order valence-electron chi connectivity index (χ4n) is 2.47. The zero-order valence-corrected chi connectivity index (χ0v) is 13.4. The maximum atomic E-state index is 11.7. The molecule has 136 valence electrons. The summed E-state index contributed by atoms with van der Waals surface area (Å²) in [4.78, 5) is 0. The molecule has 0 saturated carbocycles. The van der Waals surface area contributed by atoms with E-state index in [1.54, 1.807) is 30.3 Å². The Kier molecular flexibility index (Phi) is 5.94. The predicted molar refractivity (Wildman–Crippen MR) is 80.4 cm³/mol. The fraction of sp³-hybridized carbons (Fsp3) is 0.571. The predicted octanol–water partition coefficient (Wildman–Crippen LogP) is -1.74. The Bertz CT molecular complexity index is 633. The molecule has 2 rings (SSSR count). The summed E-state index contributed by atoms with van der Waals surface area (Å²) in [6.07, 6.45) is -7.37. The number of ether oxygens (including phenoxy) is 2. The Balaban J connectivity index is 2.23. The van der Waals surface area contributed by atoms with Gasteiger partial charge in [0.2, 0.25) is 0 Å². The van der Waals surface area contributed by atoms with Gasteiger partial charge < -0.3 is 29.9 Å². The highest BCUT2D eigenvalue weighted by Crippen LogP contribution is 2.35. The summed E-state index contributed by atoms with van der Waals surface area (Å²) in [6.45, 7) is -1.13. The van der Waals surface area contributed by atoms with Crippen molar-refractivity contribution in [2.75, 3.05) is 13.2 Å². The molecule has 0 unspecified atom stereocenters. The van der Waals surface area contributed by atoms with E-state index < -0.39 is 46.3 Å². The molecule has 1 aliphatic heterocycles. The van der Waals surface area contributed by atoms with Gasteiger partial charge >= 0.3 is 15.2 Å². The lowest BCUT2D eigenvalue weighted by molar-refractivity contribution is -0.325. The van der Waals surface area contributed by atoms with E-state index in [0.29, 0.717) is 0 Å². The highest BCUT2D eigenvalue weighted by atomic mass is 32.2. The highest BCUT2D eigenvalue weighted by Gasteiger charge is 2.62. The van der Waals surface area contributed by atoms with Crippen LogP contribution in [0.2, 0.25) is 0 Å². The second-order valence-electron chi connectivity index (χ2n) is 5.43. The molecule has 1 aromatic rings. The first-order chi connectivity index (χ1) is 11.2. The molecular weight excluding hydrogens is 344 g/mol. The first-order valence-corrected chi connectivity index (χ1v) is 8.64. The van der Waals surface area contributed by atoms with Crippen molar-refractivity contribution in [3.63, 3.8) is 0 Å². The van der Waals surface area contributed by atoms with E-state index in [0.717, 1.165) is 5.56 Å². The van der Waals surface area contributed by atoms with Gasteiger partial charge in [-0.1, -0.05) is 30.3 Å². The van der Waals surface area contributed by atoms with Crippen molar-refractivity contribution < 1.29 is 42.9 Å². The lowest BCUT2D eigenvalue weighted by Gasteiger charge is -2.45. The van der Waals surface area contributed by atoms with Crippen LogP contribution in [0, 0.1) is 0 Å². The molecule has 1 saturated heterocycles. The van der Waals surface area contributed by atoms with E-state index in [1.165, 1.54) is 0 Å². The third kappa shape index (κ3) is 3.60. The fourth-order valence-corrected chi connectivity index (χ4v) is 3.40. The second kappa shape index (κ2) is 7.42. The van der Waals surface area contributed by atoms with Gasteiger partial charge in [0.15, 0.2) is 6.10 Å². The summed E-state index contributed by atoms with van der Waals surface area (Å²) in [5, 5.41) is 35.7. The molecule has 0 amide bonds. The van der Waals surface area contributed by atoms with Gasteiger partial charge in [0, 0.05) is 0 Å². The standard InChI is InChI=1S/C14H20O9S/c15-8-10-11(16)12(17)13(18)14(23-10,24(19,20)21)22-7-6-9-4-2-1-3-5-9/h1-5,10-13,15-18H,6-8H2,(H,19,20,21)/t10-,11-,12+,13-,14+/m1/s1.